The number of ether oxygens (including phenoxy) is 1. The Morgan fingerprint density at radius 1 is 0.857 bits per heavy atom. The first-order valence-corrected chi connectivity index (χ1v) is 16.5. The molecular weight excluding hydrogens is 495 g/mol. The molecule has 2 fully saturated rings. The molecule has 0 aliphatic heterocycles. The van der Waals surface area contributed by atoms with Crippen molar-refractivity contribution in [1.29, 1.82) is 0 Å². The molecule has 10 radical (unpaired) electrons. The van der Waals surface area contributed by atoms with Gasteiger partial charge in [0.25, 0.3) is 5.97 Å². The summed E-state index contributed by atoms with van der Waals surface area (Å²) in [5.74, 6) is 0.150. The summed E-state index contributed by atoms with van der Waals surface area (Å²) in [7, 11) is 1.35. The van der Waals surface area contributed by atoms with Crippen molar-refractivity contribution in [3.8, 4) is 0 Å². The van der Waals surface area contributed by atoms with E-state index in [4.69, 9.17) is 0 Å². The smallest absolute Gasteiger partial charge is 0.278 e. The fourth-order valence-corrected chi connectivity index (χ4v) is 12.0. The molecule has 0 saturated heterocycles. The fraction of sp³-hybridized carbons (Fsp3) is 0.542. The SMILES string of the molecule is CCC[CH2][Sn+]([CH2]CCC)[CH2]CCC.COC(=O)[C]1[C-][CH][CH][CH]1.[CH]1[CH][CH][CH][CH]1.[Fe]. The van der Waals surface area contributed by atoms with Gasteiger partial charge in [-0.25, -0.2) is 6.42 Å². The summed E-state index contributed by atoms with van der Waals surface area (Å²) in [4.78, 5) is 10.6. The third-order valence-corrected chi connectivity index (χ3v) is 13.3. The van der Waals surface area contributed by atoms with Crippen LogP contribution in [0.25, 0.3) is 0 Å². The predicted octanol–water partition coefficient (Wildman–Crippen LogP) is 6.34. The summed E-state index contributed by atoms with van der Waals surface area (Å²) in [6.45, 7) is 7.00. The predicted molar refractivity (Wildman–Crippen MR) is 118 cm³/mol. The Balaban J connectivity index is 0. The van der Waals surface area contributed by atoms with Crippen LogP contribution in [0.2, 0.25) is 13.3 Å². The van der Waals surface area contributed by atoms with Gasteiger partial charge in [-0.2, -0.15) is 0 Å². The first-order chi connectivity index (χ1) is 13.2. The van der Waals surface area contributed by atoms with Crippen molar-refractivity contribution >= 4 is 25.7 Å². The van der Waals surface area contributed by atoms with Gasteiger partial charge in [-0.3, -0.25) is 4.79 Å². The van der Waals surface area contributed by atoms with E-state index < -0.39 is 19.8 Å². The number of hydrogen-bond donors (Lipinski definition) is 0. The van der Waals surface area contributed by atoms with Crippen LogP contribution in [-0.2, 0) is 26.6 Å². The van der Waals surface area contributed by atoms with Gasteiger partial charge in [0.15, 0.2) is 0 Å². The van der Waals surface area contributed by atoms with Gasteiger partial charge in [-0.15, -0.1) is 0 Å². The van der Waals surface area contributed by atoms with Crippen molar-refractivity contribution in [2.75, 3.05) is 7.11 Å². The summed E-state index contributed by atoms with van der Waals surface area (Å²) in [5, 5.41) is 0. The van der Waals surface area contributed by atoms with Crippen LogP contribution in [0.4, 0.5) is 0 Å². The molecule has 0 aromatic rings. The second-order valence-electron chi connectivity index (χ2n) is 6.60. The number of carbonyl (C=O) groups is 1. The van der Waals surface area contributed by atoms with E-state index in [0.29, 0.717) is 5.92 Å². The third kappa shape index (κ3) is 18.8. The molecule has 28 heavy (non-hydrogen) atoms. The van der Waals surface area contributed by atoms with Crippen molar-refractivity contribution in [2.45, 2.75) is 72.6 Å². The molecule has 0 unspecified atom stereocenters. The molecule has 2 aliphatic carbocycles. The van der Waals surface area contributed by atoms with E-state index in [1.165, 1.54) is 45.6 Å². The molecular formula is C24H38FeO2Sn. The third-order valence-electron chi connectivity index (χ3n) is 4.21. The van der Waals surface area contributed by atoms with E-state index in [9.17, 15) is 4.79 Å². The van der Waals surface area contributed by atoms with Crippen LogP contribution < -0.4 is 0 Å². The first kappa shape index (κ1) is 31.0. The Bertz CT molecular complexity index is 289. The minimum atomic E-state index is -0.839. The van der Waals surface area contributed by atoms with Gasteiger partial charge in [0.05, 0.1) is 7.11 Å². The monoisotopic (exact) mass is 534 g/mol. The van der Waals surface area contributed by atoms with E-state index in [0.717, 1.165) is 0 Å². The Hall–Kier alpha value is 0.788. The van der Waals surface area contributed by atoms with Gasteiger partial charge in [0.1, 0.15) is 0 Å². The minimum absolute atomic E-state index is 0. The molecule has 0 bridgehead atoms. The minimum Gasteiger partial charge on any atom is -0.471 e. The summed E-state index contributed by atoms with van der Waals surface area (Å²) in [6.07, 6.45) is 26.6. The molecule has 0 atom stereocenters. The summed E-state index contributed by atoms with van der Waals surface area (Å²) in [6, 6.07) is 0. The average Bonchev–Trinajstić information content (AvgIpc) is 3.44. The first-order valence-electron chi connectivity index (χ1n) is 10.4. The van der Waals surface area contributed by atoms with Crippen LogP contribution >= 0.6 is 0 Å². The van der Waals surface area contributed by atoms with Crippen molar-refractivity contribution in [1.82, 2.24) is 0 Å². The second kappa shape index (κ2) is 24.1. The van der Waals surface area contributed by atoms with Crippen LogP contribution in [0, 0.1) is 63.7 Å². The molecule has 2 nitrogen and oxygen atoms in total. The largest absolute Gasteiger partial charge is 0.471 e. The van der Waals surface area contributed by atoms with Crippen molar-refractivity contribution < 1.29 is 26.6 Å². The standard InChI is InChI=1S/C7H6O2.C5H5.3C4H9.Fe.Sn/c1-9-7(8)6-4-2-3-5-6;1-2-4-5-3-1;3*1-3-4-2;;/h2-4H,1H3;1-5H;3*1,3-4H2,2H3;;/q-1;;;;;;+1. The number of esters is 1. The quantitative estimate of drug-likeness (QED) is 0.186. The van der Waals surface area contributed by atoms with Crippen molar-refractivity contribution in [2.24, 2.45) is 0 Å². The van der Waals surface area contributed by atoms with Crippen molar-refractivity contribution in [3.63, 3.8) is 0 Å². The van der Waals surface area contributed by atoms with Gasteiger partial charge in [0, 0.05) is 17.1 Å². The normalized spacial score (nSPS) is 15.6. The molecule has 2 saturated carbocycles. The van der Waals surface area contributed by atoms with Crippen LogP contribution in [0.5, 0.6) is 0 Å². The zero-order chi connectivity index (χ0) is 20.2. The van der Waals surface area contributed by atoms with E-state index in [2.05, 4.69) is 31.9 Å². The van der Waals surface area contributed by atoms with E-state index in [1.807, 2.05) is 32.1 Å². The maximum absolute atomic E-state index is 10.6. The van der Waals surface area contributed by atoms with Gasteiger partial charge in [0.2, 0.25) is 0 Å². The summed E-state index contributed by atoms with van der Waals surface area (Å²) in [5.41, 5.74) is 0. The number of methoxy groups -OCH3 is 1. The zero-order valence-corrected chi connectivity index (χ0v) is 22.1. The molecule has 0 heterocycles. The fourth-order valence-electron chi connectivity index (χ4n) is 2.54. The Kier molecular flexibility index (Phi) is 26.6. The maximum atomic E-state index is 10.6. The van der Waals surface area contributed by atoms with Gasteiger partial charge in [-0.1, -0.05) is 18.8 Å². The number of rotatable bonds is 10. The van der Waals surface area contributed by atoms with Gasteiger partial charge in [-0.05, 0) is 32.1 Å². The van der Waals surface area contributed by atoms with Gasteiger partial charge < -0.3 is 11.2 Å². The van der Waals surface area contributed by atoms with Crippen LogP contribution in [0.15, 0.2) is 0 Å². The molecule has 0 aromatic heterocycles. The molecule has 2 rings (SSSR count). The molecule has 4 heteroatoms. The number of hydrogen-bond acceptors (Lipinski definition) is 2. The molecule has 0 amide bonds. The summed E-state index contributed by atoms with van der Waals surface area (Å²) >= 11 is -0.839. The maximum Gasteiger partial charge on any atom is 0.278 e. The molecule has 0 aromatic carbocycles. The number of carbonyl (C=O) groups excluding carboxylic acids is 1. The van der Waals surface area contributed by atoms with Crippen molar-refractivity contribution in [3.05, 3.63) is 63.7 Å². The average molecular weight is 533 g/mol. The van der Waals surface area contributed by atoms with Crippen LogP contribution in [0.1, 0.15) is 59.3 Å². The molecule has 0 spiro atoms. The second-order valence-corrected chi connectivity index (χ2v) is 15.2. The molecule has 2 aliphatic rings. The Morgan fingerprint density at radius 2 is 1.29 bits per heavy atom. The molecule has 158 valence electrons. The Morgan fingerprint density at radius 3 is 1.57 bits per heavy atom. The van der Waals surface area contributed by atoms with Gasteiger partial charge >= 0.3 is 92.4 Å². The van der Waals surface area contributed by atoms with E-state index >= 15 is 0 Å². The van der Waals surface area contributed by atoms with E-state index in [1.54, 1.807) is 32.6 Å². The van der Waals surface area contributed by atoms with E-state index in [-0.39, 0.29) is 23.0 Å². The Labute approximate surface area is 194 Å². The topological polar surface area (TPSA) is 26.3 Å². The number of unbranched alkanes of at least 4 members (excludes halogenated alkanes) is 3. The van der Waals surface area contributed by atoms with Crippen LogP contribution in [-0.4, -0.2) is 32.8 Å². The molecule has 0 N–H and O–H groups in total. The zero-order valence-electron chi connectivity index (χ0n) is 18.2. The summed E-state index contributed by atoms with van der Waals surface area (Å²) < 4.78 is 9.46. The van der Waals surface area contributed by atoms with Crippen LogP contribution in [0.3, 0.4) is 0 Å².